The Morgan fingerprint density at radius 1 is 1.28 bits per heavy atom. The maximum Gasteiger partial charge on any atom is 0.224 e. The van der Waals surface area contributed by atoms with Crippen LogP contribution in [0.25, 0.3) is 0 Å². The van der Waals surface area contributed by atoms with Crippen LogP contribution in [0.5, 0.6) is 0 Å². The van der Waals surface area contributed by atoms with Crippen molar-refractivity contribution in [3.8, 4) is 0 Å². The third-order valence-corrected chi connectivity index (χ3v) is 6.40. The van der Waals surface area contributed by atoms with E-state index < -0.39 is 0 Å². The van der Waals surface area contributed by atoms with Crippen molar-refractivity contribution in [1.29, 1.82) is 0 Å². The van der Waals surface area contributed by atoms with E-state index in [4.69, 9.17) is 0 Å². The molecular weight excluding hydrogens is 330 g/mol. The smallest absolute Gasteiger partial charge is 0.224 e. The first kappa shape index (κ1) is 18.7. The molecule has 138 valence electrons. The van der Waals surface area contributed by atoms with Crippen molar-refractivity contribution in [2.24, 2.45) is 5.92 Å². The van der Waals surface area contributed by atoms with E-state index in [2.05, 4.69) is 34.6 Å². The van der Waals surface area contributed by atoms with Crippen molar-refractivity contribution in [2.45, 2.75) is 39.2 Å². The highest BCUT2D eigenvalue weighted by Gasteiger charge is 2.16. The van der Waals surface area contributed by atoms with E-state index in [1.807, 2.05) is 17.8 Å². The molecule has 2 saturated heterocycles. The molecule has 2 heterocycles. The van der Waals surface area contributed by atoms with Gasteiger partial charge in [0.1, 0.15) is 0 Å². The van der Waals surface area contributed by atoms with Crippen LogP contribution in [-0.2, 0) is 11.3 Å². The lowest BCUT2D eigenvalue weighted by Gasteiger charge is -2.27. The lowest BCUT2D eigenvalue weighted by molar-refractivity contribution is -0.116. The largest absolute Gasteiger partial charge is 0.326 e. The van der Waals surface area contributed by atoms with Gasteiger partial charge < -0.3 is 10.6 Å². The number of anilines is 1. The molecule has 0 saturated carbocycles. The molecule has 0 radical (unpaired) electrons. The van der Waals surface area contributed by atoms with Crippen molar-refractivity contribution >= 4 is 23.4 Å². The molecule has 0 spiro atoms. The predicted molar refractivity (Wildman–Crippen MR) is 107 cm³/mol. The Kier molecular flexibility index (Phi) is 7.20. The molecular formula is C20H31N3OS. The van der Waals surface area contributed by atoms with Crippen LogP contribution < -0.4 is 10.6 Å². The second kappa shape index (κ2) is 9.60. The Bertz CT molecular complexity index is 566. The number of nitrogens with zero attached hydrogens (tertiary/aromatic N) is 1. The number of thioether (sulfide) groups is 1. The Morgan fingerprint density at radius 2 is 2.04 bits per heavy atom. The van der Waals surface area contributed by atoms with E-state index in [0.717, 1.165) is 44.8 Å². The number of carbonyl (C=O) groups excluding carboxylic acids is 1. The van der Waals surface area contributed by atoms with Gasteiger partial charge in [-0.3, -0.25) is 9.69 Å². The standard InChI is InChI=1S/C20H31N3OS/c1-16-18(15-23-11-13-25-14-12-23)3-2-4-19(16)22-20(24)6-5-17-7-9-21-10-8-17/h2-4,17,21H,5-15H2,1H3,(H,22,24). The molecule has 1 aromatic rings. The van der Waals surface area contributed by atoms with Crippen molar-refractivity contribution in [3.05, 3.63) is 29.3 Å². The minimum Gasteiger partial charge on any atom is -0.326 e. The van der Waals surface area contributed by atoms with Crippen LogP contribution in [0, 0.1) is 12.8 Å². The highest BCUT2D eigenvalue weighted by molar-refractivity contribution is 7.99. The van der Waals surface area contributed by atoms with E-state index in [-0.39, 0.29) is 5.91 Å². The summed E-state index contributed by atoms with van der Waals surface area (Å²) in [5.74, 6) is 3.32. The molecule has 0 bridgehead atoms. The maximum atomic E-state index is 12.4. The van der Waals surface area contributed by atoms with Gasteiger partial charge in [-0.15, -0.1) is 0 Å². The van der Waals surface area contributed by atoms with Gasteiger partial charge in [-0.25, -0.2) is 0 Å². The fourth-order valence-electron chi connectivity index (χ4n) is 3.71. The summed E-state index contributed by atoms with van der Waals surface area (Å²) in [6.07, 6.45) is 4.06. The molecule has 2 N–H and O–H groups in total. The van der Waals surface area contributed by atoms with Gasteiger partial charge in [0.05, 0.1) is 0 Å². The first-order valence-electron chi connectivity index (χ1n) is 9.61. The Morgan fingerprint density at radius 3 is 2.80 bits per heavy atom. The van der Waals surface area contributed by atoms with Crippen molar-refractivity contribution in [2.75, 3.05) is 43.0 Å². The van der Waals surface area contributed by atoms with E-state index in [0.29, 0.717) is 12.3 Å². The van der Waals surface area contributed by atoms with Gasteiger partial charge in [0.2, 0.25) is 5.91 Å². The number of amides is 1. The third kappa shape index (κ3) is 5.73. The Labute approximate surface area is 156 Å². The summed E-state index contributed by atoms with van der Waals surface area (Å²) in [7, 11) is 0. The molecule has 5 heteroatoms. The minimum atomic E-state index is 0.160. The zero-order valence-corrected chi connectivity index (χ0v) is 16.2. The van der Waals surface area contributed by atoms with Crippen LogP contribution in [0.3, 0.4) is 0 Å². The molecule has 2 aliphatic rings. The quantitative estimate of drug-likeness (QED) is 0.816. The highest BCUT2D eigenvalue weighted by atomic mass is 32.2. The number of rotatable bonds is 6. The SMILES string of the molecule is Cc1c(CN2CCSCC2)cccc1NC(=O)CCC1CCNCC1. The average Bonchev–Trinajstić information content (AvgIpc) is 2.65. The zero-order chi connectivity index (χ0) is 17.5. The second-order valence-electron chi connectivity index (χ2n) is 7.26. The van der Waals surface area contributed by atoms with Crippen LogP contribution in [0.2, 0.25) is 0 Å². The van der Waals surface area contributed by atoms with Crippen LogP contribution >= 0.6 is 11.8 Å². The van der Waals surface area contributed by atoms with Gasteiger partial charge in [-0.05, 0) is 62.4 Å². The maximum absolute atomic E-state index is 12.4. The summed E-state index contributed by atoms with van der Waals surface area (Å²) in [6.45, 7) is 7.65. The number of carbonyl (C=O) groups is 1. The molecule has 0 aliphatic carbocycles. The normalized spacial score (nSPS) is 19.7. The average molecular weight is 362 g/mol. The van der Waals surface area contributed by atoms with Crippen molar-refractivity contribution in [3.63, 3.8) is 0 Å². The highest BCUT2D eigenvalue weighted by Crippen LogP contribution is 2.23. The predicted octanol–water partition coefficient (Wildman–Crippen LogP) is 3.26. The third-order valence-electron chi connectivity index (χ3n) is 5.46. The van der Waals surface area contributed by atoms with Crippen LogP contribution in [0.1, 0.15) is 36.8 Å². The number of hydrogen-bond acceptors (Lipinski definition) is 4. The van der Waals surface area contributed by atoms with Gasteiger partial charge in [0.25, 0.3) is 0 Å². The fourth-order valence-corrected chi connectivity index (χ4v) is 4.69. The summed E-state index contributed by atoms with van der Waals surface area (Å²) < 4.78 is 0. The molecule has 2 aliphatic heterocycles. The lowest BCUT2D eigenvalue weighted by atomic mass is 9.93. The van der Waals surface area contributed by atoms with Crippen LogP contribution in [0.4, 0.5) is 5.69 Å². The molecule has 0 unspecified atom stereocenters. The van der Waals surface area contributed by atoms with Gasteiger partial charge in [0, 0.05) is 43.2 Å². The van der Waals surface area contributed by atoms with Gasteiger partial charge >= 0.3 is 0 Å². The van der Waals surface area contributed by atoms with Gasteiger partial charge in [-0.1, -0.05) is 12.1 Å². The molecule has 25 heavy (non-hydrogen) atoms. The van der Waals surface area contributed by atoms with Crippen molar-refractivity contribution < 1.29 is 4.79 Å². The summed E-state index contributed by atoms with van der Waals surface area (Å²) in [5.41, 5.74) is 3.54. The Hall–Kier alpha value is -1.04. The number of benzene rings is 1. The van der Waals surface area contributed by atoms with E-state index >= 15 is 0 Å². The molecule has 1 amide bonds. The number of hydrogen-bond donors (Lipinski definition) is 2. The van der Waals surface area contributed by atoms with E-state index in [1.165, 1.54) is 35.5 Å². The second-order valence-corrected chi connectivity index (χ2v) is 8.48. The molecule has 3 rings (SSSR count). The number of nitrogens with one attached hydrogen (secondary N) is 2. The zero-order valence-electron chi connectivity index (χ0n) is 15.4. The molecule has 0 atom stereocenters. The van der Waals surface area contributed by atoms with E-state index in [9.17, 15) is 4.79 Å². The topological polar surface area (TPSA) is 44.4 Å². The number of piperidine rings is 1. The fraction of sp³-hybridized carbons (Fsp3) is 0.650. The Balaban J connectivity index is 1.52. The lowest BCUT2D eigenvalue weighted by Crippen LogP contribution is -2.32. The molecule has 2 fully saturated rings. The van der Waals surface area contributed by atoms with Gasteiger partial charge in [-0.2, -0.15) is 11.8 Å². The monoisotopic (exact) mass is 361 g/mol. The minimum absolute atomic E-state index is 0.160. The van der Waals surface area contributed by atoms with Gasteiger partial charge in [0.15, 0.2) is 0 Å². The van der Waals surface area contributed by atoms with E-state index in [1.54, 1.807) is 0 Å². The van der Waals surface area contributed by atoms with Crippen LogP contribution in [0.15, 0.2) is 18.2 Å². The first-order chi connectivity index (χ1) is 12.2. The molecule has 4 nitrogen and oxygen atoms in total. The summed E-state index contributed by atoms with van der Waals surface area (Å²) in [5, 5.41) is 6.53. The van der Waals surface area contributed by atoms with Crippen LogP contribution in [-0.4, -0.2) is 48.5 Å². The summed E-state index contributed by atoms with van der Waals surface area (Å²) in [4.78, 5) is 14.9. The summed E-state index contributed by atoms with van der Waals surface area (Å²) >= 11 is 2.04. The summed E-state index contributed by atoms with van der Waals surface area (Å²) in [6, 6.07) is 6.30. The first-order valence-corrected chi connectivity index (χ1v) is 10.8. The molecule has 0 aromatic heterocycles. The molecule has 1 aromatic carbocycles. The van der Waals surface area contributed by atoms with Crippen molar-refractivity contribution in [1.82, 2.24) is 10.2 Å².